The highest BCUT2D eigenvalue weighted by Gasteiger charge is 2.21. The molecular formula is C10H21N3O2. The summed E-state index contributed by atoms with van der Waals surface area (Å²) in [5.41, 5.74) is -0.523. The van der Waals surface area contributed by atoms with E-state index in [1.807, 2.05) is 13.8 Å². The summed E-state index contributed by atoms with van der Waals surface area (Å²) in [6.07, 6.45) is 0. The molecule has 1 aliphatic rings. The third-order valence-corrected chi connectivity index (χ3v) is 2.45. The number of rotatable bonds is 4. The average molecular weight is 215 g/mol. The molecule has 1 aliphatic heterocycles. The van der Waals surface area contributed by atoms with Crippen LogP contribution in [0.3, 0.4) is 0 Å². The van der Waals surface area contributed by atoms with Gasteiger partial charge < -0.3 is 15.7 Å². The second kappa shape index (κ2) is 5.44. The van der Waals surface area contributed by atoms with Gasteiger partial charge in [0.2, 0.25) is 5.91 Å². The molecule has 3 N–H and O–H groups in total. The van der Waals surface area contributed by atoms with E-state index in [9.17, 15) is 4.79 Å². The van der Waals surface area contributed by atoms with E-state index in [0.29, 0.717) is 6.54 Å². The van der Waals surface area contributed by atoms with E-state index in [-0.39, 0.29) is 12.5 Å². The van der Waals surface area contributed by atoms with Gasteiger partial charge in [0.25, 0.3) is 0 Å². The Hall–Kier alpha value is -0.650. The first-order chi connectivity index (χ1) is 7.03. The van der Waals surface area contributed by atoms with E-state index in [2.05, 4.69) is 15.5 Å². The van der Waals surface area contributed by atoms with Gasteiger partial charge in [0, 0.05) is 26.2 Å². The van der Waals surface area contributed by atoms with Crippen molar-refractivity contribution in [3.63, 3.8) is 0 Å². The molecule has 88 valence electrons. The number of piperazine rings is 1. The second-order valence-corrected chi connectivity index (χ2v) is 4.62. The highest BCUT2D eigenvalue weighted by Crippen LogP contribution is 2.00. The predicted octanol–water partition coefficient (Wildman–Crippen LogP) is -1.22. The Kier molecular flexibility index (Phi) is 4.50. The van der Waals surface area contributed by atoms with Crippen LogP contribution in [0.15, 0.2) is 0 Å². The minimum atomic E-state index is -0.523. The van der Waals surface area contributed by atoms with Gasteiger partial charge in [-0.3, -0.25) is 9.69 Å². The lowest BCUT2D eigenvalue weighted by Crippen LogP contribution is -2.52. The van der Waals surface area contributed by atoms with Gasteiger partial charge in [-0.15, -0.1) is 0 Å². The van der Waals surface area contributed by atoms with Crippen LogP contribution in [0.5, 0.6) is 0 Å². The first-order valence-electron chi connectivity index (χ1n) is 5.38. The van der Waals surface area contributed by atoms with Crippen LogP contribution in [0.25, 0.3) is 0 Å². The number of aliphatic hydroxyl groups excluding tert-OH is 1. The summed E-state index contributed by atoms with van der Waals surface area (Å²) < 4.78 is 0. The molecule has 1 rings (SSSR count). The fraction of sp³-hybridized carbons (Fsp3) is 0.900. The summed E-state index contributed by atoms with van der Waals surface area (Å²) in [6.45, 7) is 7.70. The zero-order chi connectivity index (χ0) is 11.3. The number of hydrogen-bond acceptors (Lipinski definition) is 4. The van der Waals surface area contributed by atoms with E-state index in [1.165, 1.54) is 0 Å². The van der Waals surface area contributed by atoms with Gasteiger partial charge in [-0.25, -0.2) is 0 Å². The van der Waals surface area contributed by atoms with Crippen molar-refractivity contribution in [3.8, 4) is 0 Å². The average Bonchev–Trinajstić information content (AvgIpc) is 2.18. The fourth-order valence-electron chi connectivity index (χ4n) is 1.53. The van der Waals surface area contributed by atoms with E-state index in [0.717, 1.165) is 26.2 Å². The maximum absolute atomic E-state index is 11.6. The van der Waals surface area contributed by atoms with Crippen molar-refractivity contribution < 1.29 is 9.90 Å². The highest BCUT2D eigenvalue weighted by atomic mass is 16.3. The SMILES string of the molecule is CC(C)(CO)NC(=O)CN1CCNCC1. The molecule has 0 spiro atoms. The van der Waals surface area contributed by atoms with Gasteiger partial charge >= 0.3 is 0 Å². The first-order valence-corrected chi connectivity index (χ1v) is 5.38. The number of amides is 1. The summed E-state index contributed by atoms with van der Waals surface area (Å²) in [6, 6.07) is 0. The second-order valence-electron chi connectivity index (χ2n) is 4.62. The molecule has 0 bridgehead atoms. The van der Waals surface area contributed by atoms with Crippen LogP contribution in [0, 0.1) is 0 Å². The summed E-state index contributed by atoms with van der Waals surface area (Å²) in [4.78, 5) is 13.7. The number of aliphatic hydroxyl groups is 1. The number of carbonyl (C=O) groups excluding carboxylic acids is 1. The number of nitrogens with one attached hydrogen (secondary N) is 2. The molecule has 1 amide bonds. The minimum absolute atomic E-state index is 0.0176. The molecule has 0 aromatic rings. The summed E-state index contributed by atoms with van der Waals surface area (Å²) in [7, 11) is 0. The lowest BCUT2D eigenvalue weighted by Gasteiger charge is -2.29. The Morgan fingerprint density at radius 1 is 1.47 bits per heavy atom. The molecule has 5 heteroatoms. The molecule has 0 aliphatic carbocycles. The summed E-state index contributed by atoms with van der Waals surface area (Å²) in [5.74, 6) is -0.0176. The van der Waals surface area contributed by atoms with Gasteiger partial charge in [0.15, 0.2) is 0 Å². The quantitative estimate of drug-likeness (QED) is 0.550. The molecule has 0 saturated carbocycles. The van der Waals surface area contributed by atoms with Crippen LogP contribution in [-0.2, 0) is 4.79 Å². The predicted molar refractivity (Wildman–Crippen MR) is 58.6 cm³/mol. The maximum atomic E-state index is 11.6. The summed E-state index contributed by atoms with van der Waals surface area (Å²) in [5, 5.41) is 15.0. The van der Waals surface area contributed by atoms with Crippen LogP contribution in [-0.4, -0.2) is 60.8 Å². The monoisotopic (exact) mass is 215 g/mol. The Bertz CT molecular complexity index is 213. The number of carbonyl (C=O) groups is 1. The molecule has 1 saturated heterocycles. The van der Waals surface area contributed by atoms with Crippen molar-refractivity contribution in [2.75, 3.05) is 39.3 Å². The lowest BCUT2D eigenvalue weighted by atomic mass is 10.1. The zero-order valence-electron chi connectivity index (χ0n) is 9.55. The van der Waals surface area contributed by atoms with Gasteiger partial charge in [-0.1, -0.05) is 0 Å². The van der Waals surface area contributed by atoms with Crippen molar-refractivity contribution >= 4 is 5.91 Å². The van der Waals surface area contributed by atoms with E-state index in [1.54, 1.807) is 0 Å². The maximum Gasteiger partial charge on any atom is 0.234 e. The molecule has 0 aromatic heterocycles. The first kappa shape index (κ1) is 12.4. The van der Waals surface area contributed by atoms with Gasteiger partial charge in [0.05, 0.1) is 18.7 Å². The molecular weight excluding hydrogens is 194 g/mol. The van der Waals surface area contributed by atoms with Crippen LogP contribution in [0.4, 0.5) is 0 Å². The molecule has 1 heterocycles. The third-order valence-electron chi connectivity index (χ3n) is 2.45. The van der Waals surface area contributed by atoms with Gasteiger partial charge in [-0.05, 0) is 13.8 Å². The van der Waals surface area contributed by atoms with Crippen LogP contribution in [0.1, 0.15) is 13.8 Å². The number of hydrogen-bond donors (Lipinski definition) is 3. The van der Waals surface area contributed by atoms with Crippen molar-refractivity contribution in [2.24, 2.45) is 0 Å². The third kappa shape index (κ3) is 4.59. The Morgan fingerprint density at radius 2 is 2.07 bits per heavy atom. The molecule has 0 radical (unpaired) electrons. The van der Waals surface area contributed by atoms with Crippen molar-refractivity contribution in [2.45, 2.75) is 19.4 Å². The van der Waals surface area contributed by atoms with Crippen LogP contribution < -0.4 is 10.6 Å². The summed E-state index contributed by atoms with van der Waals surface area (Å²) >= 11 is 0. The smallest absolute Gasteiger partial charge is 0.234 e. The van der Waals surface area contributed by atoms with E-state index >= 15 is 0 Å². The fourth-order valence-corrected chi connectivity index (χ4v) is 1.53. The molecule has 0 aromatic carbocycles. The van der Waals surface area contributed by atoms with Gasteiger partial charge in [-0.2, -0.15) is 0 Å². The number of nitrogens with zero attached hydrogens (tertiary/aromatic N) is 1. The van der Waals surface area contributed by atoms with Crippen LogP contribution in [0.2, 0.25) is 0 Å². The molecule has 0 unspecified atom stereocenters. The molecule has 0 atom stereocenters. The van der Waals surface area contributed by atoms with E-state index in [4.69, 9.17) is 5.11 Å². The molecule has 1 fully saturated rings. The largest absolute Gasteiger partial charge is 0.394 e. The minimum Gasteiger partial charge on any atom is -0.394 e. The van der Waals surface area contributed by atoms with E-state index < -0.39 is 5.54 Å². The standard InChI is InChI=1S/C10H21N3O2/c1-10(2,8-14)12-9(15)7-13-5-3-11-4-6-13/h11,14H,3-8H2,1-2H3,(H,12,15). The molecule has 5 nitrogen and oxygen atoms in total. The van der Waals surface area contributed by atoms with Crippen molar-refractivity contribution in [1.29, 1.82) is 0 Å². The molecule has 15 heavy (non-hydrogen) atoms. The Morgan fingerprint density at radius 3 is 2.60 bits per heavy atom. The Balaban J connectivity index is 2.28. The van der Waals surface area contributed by atoms with Crippen molar-refractivity contribution in [1.82, 2.24) is 15.5 Å². The zero-order valence-corrected chi connectivity index (χ0v) is 9.55. The van der Waals surface area contributed by atoms with Crippen LogP contribution >= 0.6 is 0 Å². The highest BCUT2D eigenvalue weighted by molar-refractivity contribution is 5.78. The van der Waals surface area contributed by atoms with Crippen molar-refractivity contribution in [3.05, 3.63) is 0 Å². The topological polar surface area (TPSA) is 64.6 Å². The Labute approximate surface area is 90.8 Å². The van der Waals surface area contributed by atoms with Gasteiger partial charge in [0.1, 0.15) is 0 Å². The normalized spacial score (nSPS) is 18.9. The lowest BCUT2D eigenvalue weighted by molar-refractivity contribution is -0.124.